The topological polar surface area (TPSA) is 130 Å². The molecule has 2 amide bonds. The van der Waals surface area contributed by atoms with Crippen molar-refractivity contribution in [3.8, 4) is 0 Å². The minimum absolute atomic E-state index is 0.104. The Morgan fingerprint density at radius 1 is 1.00 bits per heavy atom. The van der Waals surface area contributed by atoms with Crippen LogP contribution in [0.1, 0.15) is 17.4 Å². The number of H-pyrrole nitrogens is 3. The highest BCUT2D eigenvalue weighted by molar-refractivity contribution is 6.04. The smallest absolute Gasteiger partial charge is 0.323 e. The lowest BCUT2D eigenvalue weighted by molar-refractivity contribution is -0.121. The molecule has 32 heavy (non-hydrogen) atoms. The number of carbonyl (C=O) groups is 2. The first-order chi connectivity index (χ1) is 15.5. The van der Waals surface area contributed by atoms with Crippen molar-refractivity contribution in [2.24, 2.45) is 0 Å². The highest BCUT2D eigenvalue weighted by atomic mass is 16.2. The highest BCUT2D eigenvalue weighted by Gasteiger charge is 2.29. The van der Waals surface area contributed by atoms with Crippen molar-refractivity contribution in [1.82, 2.24) is 30.0 Å². The Labute approximate surface area is 182 Å². The first-order valence-electron chi connectivity index (χ1n) is 10.5. The van der Waals surface area contributed by atoms with Crippen molar-refractivity contribution in [1.29, 1.82) is 0 Å². The number of rotatable bonds is 4. The average Bonchev–Trinajstić information content (AvgIpc) is 3.40. The Morgan fingerprint density at radius 2 is 1.75 bits per heavy atom. The summed E-state index contributed by atoms with van der Waals surface area (Å²) in [5.74, 6) is -0.242. The van der Waals surface area contributed by atoms with E-state index in [1.54, 1.807) is 23.1 Å². The van der Waals surface area contributed by atoms with Crippen LogP contribution >= 0.6 is 0 Å². The summed E-state index contributed by atoms with van der Waals surface area (Å²) in [7, 11) is 0. The van der Waals surface area contributed by atoms with Gasteiger partial charge in [-0.1, -0.05) is 18.2 Å². The number of benzene rings is 2. The van der Waals surface area contributed by atoms with E-state index in [2.05, 4.69) is 30.4 Å². The molecule has 0 saturated carbocycles. The maximum atomic E-state index is 13.0. The van der Waals surface area contributed by atoms with Crippen molar-refractivity contribution in [2.75, 3.05) is 31.5 Å². The van der Waals surface area contributed by atoms with E-state index in [1.165, 1.54) is 0 Å². The molecular weight excluding hydrogens is 410 g/mol. The summed E-state index contributed by atoms with van der Waals surface area (Å²) >= 11 is 0. The van der Waals surface area contributed by atoms with E-state index >= 15 is 0 Å². The number of piperazine rings is 1. The van der Waals surface area contributed by atoms with Crippen molar-refractivity contribution >= 4 is 39.4 Å². The summed E-state index contributed by atoms with van der Waals surface area (Å²) in [6, 6.07) is 12.4. The monoisotopic (exact) mass is 433 g/mol. The minimum atomic E-state index is -0.362. The first kappa shape index (κ1) is 20.0. The van der Waals surface area contributed by atoms with Crippen LogP contribution in [0.4, 0.5) is 5.69 Å². The van der Waals surface area contributed by atoms with Crippen molar-refractivity contribution < 1.29 is 9.59 Å². The van der Waals surface area contributed by atoms with Crippen LogP contribution in [0, 0.1) is 0 Å². The molecule has 1 fully saturated rings. The molecule has 164 valence electrons. The van der Waals surface area contributed by atoms with Gasteiger partial charge < -0.3 is 20.2 Å². The Morgan fingerprint density at radius 3 is 2.56 bits per heavy atom. The number of aromatic amines is 3. The minimum Gasteiger partial charge on any atom is -0.335 e. The molecular formula is C22H23N7O3. The predicted octanol–water partition coefficient (Wildman–Crippen LogP) is 1.52. The van der Waals surface area contributed by atoms with E-state index in [1.807, 2.05) is 31.2 Å². The molecule has 10 nitrogen and oxygen atoms in total. The normalized spacial score (nSPS) is 15.8. The second-order valence-electron chi connectivity index (χ2n) is 7.95. The number of amides is 2. The SMILES string of the molecule is C[C@H](C(=O)Nc1ccc2[nH]c(=O)[nH]c2c1)N1CCN(C(=O)c2n[nH]c3ccccc23)CC1. The molecule has 1 aliphatic rings. The van der Waals surface area contributed by atoms with Crippen LogP contribution in [0.15, 0.2) is 47.3 Å². The molecule has 0 aliphatic carbocycles. The number of anilines is 1. The molecule has 10 heteroatoms. The second kappa shape index (κ2) is 7.97. The number of fused-ring (bicyclic) bond motifs is 2. The number of carbonyl (C=O) groups excluding carboxylic acids is 2. The Bertz CT molecular complexity index is 1360. The van der Waals surface area contributed by atoms with Gasteiger partial charge in [-0.2, -0.15) is 5.10 Å². The fraction of sp³-hybridized carbons (Fsp3) is 0.273. The number of hydrogen-bond donors (Lipinski definition) is 4. The third-order valence-electron chi connectivity index (χ3n) is 5.99. The number of hydrogen-bond acceptors (Lipinski definition) is 5. The van der Waals surface area contributed by atoms with Gasteiger partial charge in [0, 0.05) is 37.3 Å². The molecule has 0 radical (unpaired) electrons. The maximum Gasteiger partial charge on any atom is 0.323 e. The standard InChI is InChI=1S/C22H23N7O3/c1-13(20(30)23-14-6-7-17-18(12-14)25-22(32)24-17)28-8-10-29(11-9-28)21(31)19-15-4-2-3-5-16(15)26-27-19/h2-7,12-13H,8-11H2,1H3,(H,23,30)(H,26,27)(H2,24,25,32)/t13-/m1/s1. The van der Waals surface area contributed by atoms with Gasteiger partial charge in [-0.25, -0.2) is 4.79 Å². The van der Waals surface area contributed by atoms with Gasteiger partial charge in [0.05, 0.1) is 22.6 Å². The molecule has 4 N–H and O–H groups in total. The molecule has 4 aromatic rings. The molecule has 0 unspecified atom stereocenters. The van der Waals surface area contributed by atoms with Crippen molar-refractivity contribution in [2.45, 2.75) is 13.0 Å². The molecule has 2 aromatic heterocycles. The lowest BCUT2D eigenvalue weighted by Crippen LogP contribution is -2.54. The van der Waals surface area contributed by atoms with Gasteiger partial charge in [0.2, 0.25) is 5.91 Å². The van der Waals surface area contributed by atoms with Crippen molar-refractivity contribution in [3.63, 3.8) is 0 Å². The molecule has 1 saturated heterocycles. The Hall–Kier alpha value is -3.92. The lowest BCUT2D eigenvalue weighted by atomic mass is 10.1. The molecule has 3 heterocycles. The van der Waals surface area contributed by atoms with E-state index in [0.29, 0.717) is 48.6 Å². The fourth-order valence-electron chi connectivity index (χ4n) is 4.11. The summed E-state index contributed by atoms with van der Waals surface area (Å²) in [5, 5.41) is 10.8. The quantitative estimate of drug-likeness (QED) is 0.388. The van der Waals surface area contributed by atoms with Gasteiger partial charge in [0.15, 0.2) is 5.69 Å². The van der Waals surface area contributed by atoms with Gasteiger partial charge in [0.1, 0.15) is 0 Å². The Kier molecular flexibility index (Phi) is 4.98. The Balaban J connectivity index is 1.20. The van der Waals surface area contributed by atoms with E-state index in [4.69, 9.17) is 0 Å². The average molecular weight is 433 g/mol. The van der Waals surface area contributed by atoms with Crippen LogP contribution in [0.25, 0.3) is 21.9 Å². The van der Waals surface area contributed by atoms with Crippen LogP contribution < -0.4 is 11.0 Å². The van der Waals surface area contributed by atoms with Crippen LogP contribution in [-0.2, 0) is 4.79 Å². The number of imidazole rings is 1. The van der Waals surface area contributed by atoms with Crippen LogP contribution in [-0.4, -0.2) is 74.0 Å². The molecule has 1 atom stereocenters. The summed E-state index contributed by atoms with van der Waals surface area (Å²) in [5.41, 5.74) is 2.92. The molecule has 2 aromatic carbocycles. The second-order valence-corrected chi connectivity index (χ2v) is 7.95. The van der Waals surface area contributed by atoms with Gasteiger partial charge in [-0.3, -0.25) is 19.6 Å². The fourth-order valence-corrected chi connectivity index (χ4v) is 4.11. The zero-order valence-corrected chi connectivity index (χ0v) is 17.5. The number of nitrogens with zero attached hydrogens (tertiary/aromatic N) is 3. The van der Waals surface area contributed by atoms with Gasteiger partial charge in [-0.05, 0) is 31.2 Å². The molecule has 5 rings (SSSR count). The zero-order valence-electron chi connectivity index (χ0n) is 17.5. The van der Waals surface area contributed by atoms with E-state index in [0.717, 1.165) is 10.9 Å². The first-order valence-corrected chi connectivity index (χ1v) is 10.5. The molecule has 0 spiro atoms. The van der Waals surface area contributed by atoms with E-state index < -0.39 is 0 Å². The van der Waals surface area contributed by atoms with Gasteiger partial charge >= 0.3 is 5.69 Å². The summed E-state index contributed by atoms with van der Waals surface area (Å²) < 4.78 is 0. The largest absolute Gasteiger partial charge is 0.335 e. The van der Waals surface area contributed by atoms with Gasteiger partial charge in [-0.15, -0.1) is 0 Å². The van der Waals surface area contributed by atoms with E-state index in [9.17, 15) is 14.4 Å². The number of nitrogens with one attached hydrogen (secondary N) is 4. The van der Waals surface area contributed by atoms with Crippen LogP contribution in [0.3, 0.4) is 0 Å². The third kappa shape index (κ3) is 3.65. The summed E-state index contributed by atoms with van der Waals surface area (Å²) in [4.78, 5) is 46.3. The summed E-state index contributed by atoms with van der Waals surface area (Å²) in [6.07, 6.45) is 0. The highest BCUT2D eigenvalue weighted by Crippen LogP contribution is 2.19. The zero-order chi connectivity index (χ0) is 22.2. The predicted molar refractivity (Wildman–Crippen MR) is 121 cm³/mol. The van der Waals surface area contributed by atoms with Crippen LogP contribution in [0.5, 0.6) is 0 Å². The maximum absolute atomic E-state index is 13.0. The molecule has 0 bridgehead atoms. The molecule has 1 aliphatic heterocycles. The van der Waals surface area contributed by atoms with Crippen LogP contribution in [0.2, 0.25) is 0 Å². The summed E-state index contributed by atoms with van der Waals surface area (Å²) in [6.45, 7) is 4.08. The van der Waals surface area contributed by atoms with E-state index in [-0.39, 0.29) is 23.5 Å². The lowest BCUT2D eigenvalue weighted by Gasteiger charge is -2.37. The number of aromatic nitrogens is 4. The van der Waals surface area contributed by atoms with Crippen molar-refractivity contribution in [3.05, 3.63) is 58.6 Å². The van der Waals surface area contributed by atoms with Gasteiger partial charge in [0.25, 0.3) is 5.91 Å². The third-order valence-corrected chi connectivity index (χ3v) is 5.99. The number of para-hydroxylation sites is 1.